The van der Waals surface area contributed by atoms with Crippen LogP contribution < -0.4 is 5.32 Å². The van der Waals surface area contributed by atoms with Gasteiger partial charge in [-0.05, 0) is 43.9 Å². The molecule has 1 unspecified atom stereocenters. The highest BCUT2D eigenvalue weighted by atomic mass is 16.3. The minimum Gasteiger partial charge on any atom is -0.390 e. The molecule has 0 spiro atoms. The topological polar surface area (TPSA) is 52.5 Å². The van der Waals surface area contributed by atoms with Crippen LogP contribution in [0.2, 0.25) is 0 Å². The molecule has 1 aromatic carbocycles. The Hall–Kier alpha value is -0.900. The molecule has 2 rings (SSSR count). The summed E-state index contributed by atoms with van der Waals surface area (Å²) in [7, 11) is 1.83. The maximum atomic E-state index is 9.78. The lowest BCUT2D eigenvalue weighted by Gasteiger charge is -2.11. The van der Waals surface area contributed by atoms with Gasteiger partial charge in [0.25, 0.3) is 0 Å². The third-order valence-corrected chi connectivity index (χ3v) is 3.47. The number of nitrogens with one attached hydrogen (secondary N) is 1. The van der Waals surface area contributed by atoms with Crippen LogP contribution in [0.3, 0.4) is 0 Å². The largest absolute Gasteiger partial charge is 0.390 e. The molecule has 0 saturated heterocycles. The highest BCUT2D eigenvalue weighted by molar-refractivity contribution is 5.24. The van der Waals surface area contributed by atoms with E-state index >= 15 is 0 Å². The number of benzene rings is 1. The molecular formula is C14H21NO2. The minimum atomic E-state index is -0.443. The van der Waals surface area contributed by atoms with Crippen molar-refractivity contribution in [2.75, 3.05) is 13.6 Å². The summed E-state index contributed by atoms with van der Waals surface area (Å²) in [6, 6.07) is 8.02. The zero-order valence-corrected chi connectivity index (χ0v) is 10.3. The second kappa shape index (κ2) is 5.17. The Morgan fingerprint density at radius 2 is 1.94 bits per heavy atom. The molecule has 94 valence electrons. The Morgan fingerprint density at radius 3 is 2.47 bits per heavy atom. The Labute approximate surface area is 102 Å². The summed E-state index contributed by atoms with van der Waals surface area (Å²) in [5, 5.41) is 22.5. The third-order valence-electron chi connectivity index (χ3n) is 3.47. The van der Waals surface area contributed by atoms with Crippen LogP contribution in [0.1, 0.15) is 36.5 Å². The second-order valence-corrected chi connectivity index (χ2v) is 5.04. The molecule has 0 aromatic heterocycles. The van der Waals surface area contributed by atoms with Crippen LogP contribution in [0.25, 0.3) is 0 Å². The molecule has 1 atom stereocenters. The highest BCUT2D eigenvalue weighted by Gasteiger charge is 2.39. The summed E-state index contributed by atoms with van der Waals surface area (Å²) in [5.74, 6) is 0. The van der Waals surface area contributed by atoms with E-state index in [2.05, 4.69) is 5.32 Å². The molecule has 0 radical (unpaired) electrons. The van der Waals surface area contributed by atoms with E-state index in [9.17, 15) is 10.2 Å². The first-order valence-electron chi connectivity index (χ1n) is 6.27. The number of rotatable bonds is 6. The van der Waals surface area contributed by atoms with Gasteiger partial charge in [-0.3, -0.25) is 0 Å². The SMILES string of the molecule is CNCC(O)c1ccc(CCC2(O)CC2)cc1. The van der Waals surface area contributed by atoms with Crippen LogP contribution in [0, 0.1) is 0 Å². The summed E-state index contributed by atoms with van der Waals surface area (Å²) >= 11 is 0. The lowest BCUT2D eigenvalue weighted by atomic mass is 10.0. The normalized spacial score (nSPS) is 19.0. The Balaban J connectivity index is 1.88. The van der Waals surface area contributed by atoms with Gasteiger partial charge in [0.1, 0.15) is 0 Å². The van der Waals surface area contributed by atoms with E-state index in [-0.39, 0.29) is 5.60 Å². The second-order valence-electron chi connectivity index (χ2n) is 5.04. The van der Waals surface area contributed by atoms with Gasteiger partial charge in [-0.25, -0.2) is 0 Å². The molecule has 17 heavy (non-hydrogen) atoms. The van der Waals surface area contributed by atoms with Crippen molar-refractivity contribution >= 4 is 0 Å². The smallest absolute Gasteiger partial charge is 0.0914 e. The summed E-state index contributed by atoms with van der Waals surface area (Å²) < 4.78 is 0. The van der Waals surface area contributed by atoms with E-state index in [0.29, 0.717) is 6.54 Å². The number of aliphatic hydroxyl groups is 2. The zero-order chi connectivity index (χ0) is 12.3. The Bertz CT molecular complexity index is 357. The first-order valence-corrected chi connectivity index (χ1v) is 6.27. The standard InChI is InChI=1S/C14H21NO2/c1-15-10-13(16)12-4-2-11(3-5-12)6-7-14(17)8-9-14/h2-5,13,15-17H,6-10H2,1H3. The maximum absolute atomic E-state index is 9.78. The predicted octanol–water partition coefficient (Wildman–Crippen LogP) is 1.40. The van der Waals surface area contributed by atoms with E-state index in [0.717, 1.165) is 31.2 Å². The molecule has 3 N–H and O–H groups in total. The predicted molar refractivity (Wildman–Crippen MR) is 67.8 cm³/mol. The molecule has 3 heteroatoms. The summed E-state index contributed by atoms with van der Waals surface area (Å²) in [5.41, 5.74) is 1.79. The van der Waals surface area contributed by atoms with Crippen molar-refractivity contribution in [1.29, 1.82) is 0 Å². The van der Waals surface area contributed by atoms with Crippen molar-refractivity contribution in [2.45, 2.75) is 37.4 Å². The van der Waals surface area contributed by atoms with Crippen molar-refractivity contribution in [3.8, 4) is 0 Å². The first-order chi connectivity index (χ1) is 8.13. The monoisotopic (exact) mass is 235 g/mol. The van der Waals surface area contributed by atoms with Gasteiger partial charge in [-0.15, -0.1) is 0 Å². The fourth-order valence-corrected chi connectivity index (χ4v) is 1.99. The molecule has 1 saturated carbocycles. The minimum absolute atomic E-state index is 0.371. The average Bonchev–Trinajstić information content (AvgIpc) is 3.06. The van der Waals surface area contributed by atoms with E-state index in [1.54, 1.807) is 0 Å². The molecular weight excluding hydrogens is 214 g/mol. The van der Waals surface area contributed by atoms with Gasteiger partial charge in [0.15, 0.2) is 0 Å². The molecule has 0 heterocycles. The molecule has 0 bridgehead atoms. The molecule has 1 aromatic rings. The highest BCUT2D eigenvalue weighted by Crippen LogP contribution is 2.39. The van der Waals surface area contributed by atoms with E-state index in [1.165, 1.54) is 5.56 Å². The molecule has 0 aliphatic heterocycles. The molecule has 1 fully saturated rings. The van der Waals surface area contributed by atoms with E-state index < -0.39 is 6.10 Å². The van der Waals surface area contributed by atoms with Crippen LogP contribution in [0.4, 0.5) is 0 Å². The molecule has 0 amide bonds. The van der Waals surface area contributed by atoms with Crippen molar-refractivity contribution < 1.29 is 10.2 Å². The van der Waals surface area contributed by atoms with Crippen LogP contribution in [0.5, 0.6) is 0 Å². The van der Waals surface area contributed by atoms with Gasteiger partial charge >= 0.3 is 0 Å². The van der Waals surface area contributed by atoms with Crippen LogP contribution in [-0.2, 0) is 6.42 Å². The Morgan fingerprint density at radius 1 is 1.29 bits per heavy atom. The quantitative estimate of drug-likeness (QED) is 0.698. The molecule has 1 aliphatic carbocycles. The lowest BCUT2D eigenvalue weighted by molar-refractivity contribution is 0.140. The summed E-state index contributed by atoms with van der Waals surface area (Å²) in [6.45, 7) is 0.569. The lowest BCUT2D eigenvalue weighted by Crippen LogP contribution is -2.16. The molecule has 1 aliphatic rings. The third kappa shape index (κ3) is 3.53. The van der Waals surface area contributed by atoms with Gasteiger partial charge in [0, 0.05) is 6.54 Å². The van der Waals surface area contributed by atoms with Crippen LogP contribution >= 0.6 is 0 Å². The summed E-state index contributed by atoms with van der Waals surface area (Å²) in [6.07, 6.45) is 3.23. The number of aryl methyl sites for hydroxylation is 1. The van der Waals surface area contributed by atoms with Crippen molar-refractivity contribution in [2.24, 2.45) is 0 Å². The zero-order valence-electron chi connectivity index (χ0n) is 10.3. The van der Waals surface area contributed by atoms with Gasteiger partial charge in [-0.2, -0.15) is 0 Å². The first kappa shape index (κ1) is 12.6. The van der Waals surface area contributed by atoms with Gasteiger partial charge in [0.2, 0.25) is 0 Å². The van der Waals surface area contributed by atoms with Crippen molar-refractivity contribution in [3.05, 3.63) is 35.4 Å². The van der Waals surface area contributed by atoms with Gasteiger partial charge < -0.3 is 15.5 Å². The number of aliphatic hydroxyl groups excluding tert-OH is 1. The number of hydrogen-bond donors (Lipinski definition) is 3. The van der Waals surface area contributed by atoms with Crippen LogP contribution in [-0.4, -0.2) is 29.4 Å². The van der Waals surface area contributed by atoms with Crippen molar-refractivity contribution in [1.82, 2.24) is 5.32 Å². The molecule has 3 nitrogen and oxygen atoms in total. The number of hydrogen-bond acceptors (Lipinski definition) is 3. The van der Waals surface area contributed by atoms with Gasteiger partial charge in [0.05, 0.1) is 11.7 Å². The Kier molecular flexibility index (Phi) is 3.82. The van der Waals surface area contributed by atoms with E-state index in [1.807, 2.05) is 31.3 Å². The van der Waals surface area contributed by atoms with Crippen LogP contribution in [0.15, 0.2) is 24.3 Å². The van der Waals surface area contributed by atoms with E-state index in [4.69, 9.17) is 0 Å². The summed E-state index contributed by atoms with van der Waals surface area (Å²) in [4.78, 5) is 0. The fraction of sp³-hybridized carbons (Fsp3) is 0.571. The maximum Gasteiger partial charge on any atom is 0.0914 e. The fourth-order valence-electron chi connectivity index (χ4n) is 1.99. The average molecular weight is 235 g/mol. The van der Waals surface area contributed by atoms with Gasteiger partial charge in [-0.1, -0.05) is 24.3 Å². The van der Waals surface area contributed by atoms with Crippen molar-refractivity contribution in [3.63, 3.8) is 0 Å². The number of likely N-dealkylation sites (N-methyl/N-ethyl adjacent to an activating group) is 1.